The predicted molar refractivity (Wildman–Crippen MR) is 133 cm³/mol. The minimum Gasteiger partial charge on any atom is -0.361 e. The molecule has 15 heteroatoms. The molecule has 1 fully saturated rings. The molecular weight excluding hydrogens is 556 g/mol. The predicted octanol–water partition coefficient (Wildman–Crippen LogP) is 1.23. The van der Waals surface area contributed by atoms with E-state index in [1.54, 1.807) is 30.3 Å². The molecule has 3 rings (SSSR count). The summed E-state index contributed by atoms with van der Waals surface area (Å²) in [6, 6.07) is 8.08. The van der Waals surface area contributed by atoms with Crippen molar-refractivity contribution in [1.29, 1.82) is 0 Å². The minimum absolute atomic E-state index is 0.0196. The second-order valence-corrected chi connectivity index (χ2v) is 9.12. The Morgan fingerprint density at radius 1 is 0.854 bits per heavy atom. The highest BCUT2D eigenvalue weighted by atomic mass is 19.3. The fraction of sp³-hybridized carbons (Fsp3) is 0.423. The van der Waals surface area contributed by atoms with Crippen molar-refractivity contribution in [3.8, 4) is 0 Å². The van der Waals surface area contributed by atoms with Gasteiger partial charge in [0.1, 0.15) is 23.4 Å². The van der Waals surface area contributed by atoms with Crippen LogP contribution in [-0.4, -0.2) is 85.3 Å². The lowest BCUT2D eigenvalue weighted by Crippen LogP contribution is -2.59. The second kappa shape index (κ2) is 14.6. The van der Waals surface area contributed by atoms with Gasteiger partial charge in [0.25, 0.3) is 5.91 Å². The number of carbonyl (C=O) groups excluding carboxylic acids is 4. The van der Waals surface area contributed by atoms with Crippen LogP contribution in [0.2, 0.25) is 0 Å². The zero-order chi connectivity index (χ0) is 30.0. The summed E-state index contributed by atoms with van der Waals surface area (Å²) in [4.78, 5) is 55.5. The second-order valence-electron chi connectivity index (χ2n) is 9.12. The zero-order valence-electron chi connectivity index (χ0n) is 21.7. The van der Waals surface area contributed by atoms with Gasteiger partial charge in [-0.15, -0.1) is 0 Å². The molecule has 41 heavy (non-hydrogen) atoms. The van der Waals surface area contributed by atoms with Crippen LogP contribution in [0, 0.1) is 0 Å². The van der Waals surface area contributed by atoms with Crippen LogP contribution >= 0.6 is 0 Å². The first-order chi connectivity index (χ1) is 19.5. The summed E-state index contributed by atoms with van der Waals surface area (Å²) in [5.74, 6) is -3.72. The molecule has 1 aliphatic rings. The maximum absolute atomic E-state index is 13.2. The largest absolute Gasteiger partial charge is 0.361 e. The van der Waals surface area contributed by atoms with Gasteiger partial charge in [-0.05, 0) is 31.0 Å². The maximum Gasteiger partial charge on any atom is 0.345 e. The number of pyridine rings is 1. The number of halogens is 4. The Balaban J connectivity index is 1.77. The van der Waals surface area contributed by atoms with Crippen LogP contribution in [0.25, 0.3) is 0 Å². The molecule has 1 aliphatic heterocycles. The first-order valence-electron chi connectivity index (χ1n) is 12.3. The Labute approximate surface area is 231 Å². The number of hydrogen-bond donors (Lipinski definition) is 3. The van der Waals surface area contributed by atoms with Crippen LogP contribution in [0.3, 0.4) is 0 Å². The lowest BCUT2D eigenvalue weighted by atomic mass is 9.94. The zero-order valence-corrected chi connectivity index (χ0v) is 21.7. The number of rotatable bonds is 16. The highest BCUT2D eigenvalue weighted by Gasteiger charge is 2.50. The Hall–Kier alpha value is -3.95. The number of nitrogens with zero attached hydrogens (tertiary/aromatic N) is 1. The third kappa shape index (κ3) is 9.88. The lowest BCUT2D eigenvalue weighted by Gasteiger charge is -2.25. The fourth-order valence-corrected chi connectivity index (χ4v) is 3.66. The molecule has 3 N–H and O–H groups in total. The molecule has 0 spiro atoms. The summed E-state index contributed by atoms with van der Waals surface area (Å²) in [6.07, 6.45) is 1.30. The number of Topliss-reactive ketones (excluding diaryl/α,β-unsaturated/α-hetero) is 1. The molecule has 3 amide bonds. The van der Waals surface area contributed by atoms with E-state index in [4.69, 9.17) is 4.74 Å². The molecule has 1 aromatic heterocycles. The van der Waals surface area contributed by atoms with Crippen molar-refractivity contribution in [3.63, 3.8) is 0 Å². The van der Waals surface area contributed by atoms with E-state index in [0.29, 0.717) is 5.56 Å². The molecule has 2 heterocycles. The summed E-state index contributed by atoms with van der Waals surface area (Å²) >= 11 is 0. The summed E-state index contributed by atoms with van der Waals surface area (Å²) in [7, 11) is 0. The average molecular weight is 585 g/mol. The van der Waals surface area contributed by atoms with Crippen LogP contribution in [0.4, 0.5) is 17.6 Å². The van der Waals surface area contributed by atoms with Gasteiger partial charge in [-0.1, -0.05) is 36.4 Å². The van der Waals surface area contributed by atoms with E-state index in [0.717, 1.165) is 0 Å². The van der Waals surface area contributed by atoms with E-state index in [-0.39, 0.29) is 18.7 Å². The van der Waals surface area contributed by atoms with Gasteiger partial charge >= 0.3 is 13.2 Å². The molecule has 11 nitrogen and oxygen atoms in total. The van der Waals surface area contributed by atoms with Crippen molar-refractivity contribution in [2.45, 2.75) is 50.3 Å². The average Bonchev–Trinajstić information content (AvgIpc) is 3.71. The first kappa shape index (κ1) is 31.6. The molecule has 1 saturated heterocycles. The third-order valence-electron chi connectivity index (χ3n) is 5.94. The molecule has 0 radical (unpaired) electrons. The normalized spacial score (nSPS) is 18.3. The highest BCUT2D eigenvalue weighted by molar-refractivity contribution is 5.99. The number of benzene rings is 1. The Kier molecular flexibility index (Phi) is 11.3. The standard InChI is InChI=1S/C26H28F4N4O7/c1-26(14-41-26)20(35)17(11-15-7-3-2-4-8-15)32-22(37)18(12-39-24(27)28)34-23(38)19(13-40-25(29)30)33-21(36)16-9-5-6-10-31-16/h2-10,17-19,24-25H,11-14H2,1H3,(H,32,37)(H,33,36)(H,34,38)/t17-,18-,19-,26-/m0/s1. The smallest absolute Gasteiger partial charge is 0.345 e. The molecule has 0 saturated carbocycles. The molecule has 4 atom stereocenters. The fourth-order valence-electron chi connectivity index (χ4n) is 3.66. The van der Waals surface area contributed by atoms with Crippen molar-refractivity contribution in [2.75, 3.05) is 19.8 Å². The monoisotopic (exact) mass is 584 g/mol. The first-order valence-corrected chi connectivity index (χ1v) is 12.3. The van der Waals surface area contributed by atoms with Crippen molar-refractivity contribution < 1.29 is 51.0 Å². The quantitative estimate of drug-likeness (QED) is 0.197. The number of aromatic nitrogens is 1. The van der Waals surface area contributed by atoms with Crippen molar-refractivity contribution in [3.05, 3.63) is 66.0 Å². The highest BCUT2D eigenvalue weighted by Crippen LogP contribution is 2.29. The molecule has 2 aromatic rings. The molecular formula is C26H28F4N4O7. The Morgan fingerprint density at radius 2 is 1.39 bits per heavy atom. The van der Waals surface area contributed by atoms with Crippen molar-refractivity contribution in [2.24, 2.45) is 0 Å². The number of epoxide rings is 1. The maximum atomic E-state index is 13.2. The van der Waals surface area contributed by atoms with Crippen LogP contribution in [-0.2, 0) is 35.0 Å². The van der Waals surface area contributed by atoms with Crippen LogP contribution < -0.4 is 16.0 Å². The molecule has 0 aliphatic carbocycles. The number of nitrogens with one attached hydrogen (secondary N) is 3. The molecule has 222 valence electrons. The number of ether oxygens (including phenoxy) is 3. The number of alkyl halides is 4. The van der Waals surface area contributed by atoms with Crippen LogP contribution in [0.15, 0.2) is 54.7 Å². The van der Waals surface area contributed by atoms with Crippen molar-refractivity contribution in [1.82, 2.24) is 20.9 Å². The van der Waals surface area contributed by atoms with Crippen LogP contribution in [0.1, 0.15) is 23.0 Å². The minimum atomic E-state index is -3.33. The Bertz CT molecular complexity index is 1190. The van der Waals surface area contributed by atoms with Crippen molar-refractivity contribution >= 4 is 23.5 Å². The Morgan fingerprint density at radius 3 is 1.90 bits per heavy atom. The van der Waals surface area contributed by atoms with Crippen LogP contribution in [0.5, 0.6) is 0 Å². The number of hydrogen-bond acceptors (Lipinski definition) is 8. The molecule has 0 unspecified atom stereocenters. The SMILES string of the molecule is C[C@@]1(C(=O)[C@H](Cc2ccccc2)NC(=O)[C@H](COC(F)F)NC(=O)[C@H](COC(F)F)NC(=O)c2ccccn2)CO1. The van der Waals surface area contributed by atoms with Gasteiger partial charge in [-0.3, -0.25) is 24.2 Å². The van der Waals surface area contributed by atoms with E-state index in [1.807, 2.05) is 0 Å². The van der Waals surface area contributed by atoms with E-state index in [1.165, 1.54) is 31.3 Å². The van der Waals surface area contributed by atoms with Gasteiger partial charge in [0, 0.05) is 6.20 Å². The van der Waals surface area contributed by atoms with Gasteiger partial charge in [0.05, 0.1) is 25.9 Å². The number of ketones is 1. The number of amides is 3. The van der Waals surface area contributed by atoms with E-state index in [2.05, 4.69) is 30.4 Å². The van der Waals surface area contributed by atoms with E-state index >= 15 is 0 Å². The summed E-state index contributed by atoms with van der Waals surface area (Å²) in [5.41, 5.74) is -0.643. The van der Waals surface area contributed by atoms with Gasteiger partial charge in [-0.2, -0.15) is 17.6 Å². The van der Waals surface area contributed by atoms with E-state index < -0.39 is 73.7 Å². The summed E-state index contributed by atoms with van der Waals surface area (Å²) in [6.45, 7) is -7.08. The molecule has 0 bridgehead atoms. The third-order valence-corrected chi connectivity index (χ3v) is 5.94. The van der Waals surface area contributed by atoms with Gasteiger partial charge in [-0.25, -0.2) is 0 Å². The van der Waals surface area contributed by atoms with E-state index in [9.17, 15) is 36.7 Å². The number of carbonyl (C=O) groups is 4. The van der Waals surface area contributed by atoms with Gasteiger partial charge in [0.15, 0.2) is 5.78 Å². The van der Waals surface area contributed by atoms with Gasteiger partial charge in [0.2, 0.25) is 11.8 Å². The summed E-state index contributed by atoms with van der Waals surface area (Å²) < 4.78 is 64.8. The van der Waals surface area contributed by atoms with Gasteiger partial charge < -0.3 is 30.2 Å². The molecule has 1 aromatic carbocycles. The summed E-state index contributed by atoms with van der Waals surface area (Å²) in [5, 5.41) is 6.70. The lowest BCUT2D eigenvalue weighted by molar-refractivity contribution is -0.152. The topological polar surface area (TPSA) is 148 Å².